The molecule has 8 heteroatoms. The monoisotopic (exact) mass is 180 g/mol. The molecule has 0 bridgehead atoms. The summed E-state index contributed by atoms with van der Waals surface area (Å²) in [5.41, 5.74) is 0. The first-order valence-corrected chi connectivity index (χ1v) is 2.45. The van der Waals surface area contributed by atoms with Crippen molar-refractivity contribution in [3.63, 3.8) is 0 Å². The van der Waals surface area contributed by atoms with E-state index in [0.717, 1.165) is 0 Å². The zero-order chi connectivity index (χ0) is 4.50. The smallest absolute Gasteiger partial charge is 0.426 e. The third-order valence-corrected chi connectivity index (χ3v) is 0. The Balaban J connectivity index is -0.0000000267. The molecule has 0 fully saturated rings. The fourth-order valence-corrected chi connectivity index (χ4v) is 0. The zero-order valence-corrected chi connectivity index (χ0v) is 8.96. The van der Waals surface area contributed by atoms with Crippen molar-refractivity contribution < 1.29 is 19.2 Å². The number of rotatable bonds is 0. The summed E-state index contributed by atoms with van der Waals surface area (Å²) < 4.78 is 0. The van der Waals surface area contributed by atoms with Gasteiger partial charge in [0.25, 0.3) is 0 Å². The van der Waals surface area contributed by atoms with Gasteiger partial charge in [-0.05, 0) is 0 Å². The van der Waals surface area contributed by atoms with E-state index < -0.39 is 9.05 Å². The van der Waals surface area contributed by atoms with Crippen LogP contribution in [-0.4, -0.2) is 103 Å². The van der Waals surface area contributed by atoms with E-state index in [9.17, 15) is 0 Å². The fourth-order valence-electron chi connectivity index (χ4n) is 0. The number of hydrogen-bond acceptors (Lipinski definition) is 4. The van der Waals surface area contributed by atoms with Crippen LogP contribution in [0.5, 0.6) is 0 Å². The van der Waals surface area contributed by atoms with Crippen molar-refractivity contribution in [1.29, 1.82) is 0 Å². The molecule has 0 atom stereocenters. The maximum absolute atomic E-state index is 8.58. The van der Waals surface area contributed by atoms with Crippen molar-refractivity contribution in [1.82, 2.24) is 0 Å². The van der Waals surface area contributed by atoms with Gasteiger partial charge in [0.15, 0.2) is 0 Å². The minimum atomic E-state index is -5.61. The largest absolute Gasteiger partial charge is 0.894 e. The second kappa shape index (κ2) is 10.2. The molecule has 0 saturated heterocycles. The molecule has 4 nitrogen and oxygen atoms in total. The van der Waals surface area contributed by atoms with Crippen LogP contribution in [0.15, 0.2) is 0 Å². The van der Waals surface area contributed by atoms with E-state index in [4.69, 9.17) is 19.2 Å². The van der Waals surface area contributed by atoms with E-state index in [0.29, 0.717) is 0 Å². The van der Waals surface area contributed by atoms with Crippen LogP contribution in [0.2, 0.25) is 0 Å². The van der Waals surface area contributed by atoms with Crippen LogP contribution in [0.4, 0.5) is 0 Å². The van der Waals surface area contributed by atoms with Gasteiger partial charge in [-0.1, -0.05) is 0 Å². The van der Waals surface area contributed by atoms with Crippen molar-refractivity contribution in [2.24, 2.45) is 0 Å². The molecule has 0 spiro atoms. The molecule has 0 heterocycles. The first-order chi connectivity index (χ1) is 2.00. The van der Waals surface area contributed by atoms with Gasteiger partial charge in [-0.25, -0.2) is 0 Å². The average molecular weight is 180 g/mol. The van der Waals surface area contributed by atoms with Crippen LogP contribution in [0.3, 0.4) is 0 Å². The third-order valence-electron chi connectivity index (χ3n) is 0. The van der Waals surface area contributed by atoms with Crippen LogP contribution in [0.1, 0.15) is 0 Å². The maximum Gasteiger partial charge on any atom is -0.426 e. The van der Waals surface area contributed by atoms with Crippen LogP contribution in [-0.2, 0) is 0 Å². The molecule has 0 aliphatic carbocycles. The molecule has 0 aliphatic rings. The van der Waals surface area contributed by atoms with Crippen molar-refractivity contribution in [2.75, 3.05) is 0 Å². The summed E-state index contributed by atoms with van der Waals surface area (Å²) in [6, 6.07) is 0. The van der Waals surface area contributed by atoms with Gasteiger partial charge in [-0.2, -0.15) is 0 Å². The van der Waals surface area contributed by atoms with Gasteiger partial charge in [0.05, 0.1) is 0 Å². The molecule has 0 radical (unpaired) electrons. The molecule has 34 valence electrons. The second-order valence-electron chi connectivity index (χ2n) is 0.500. The van der Waals surface area contributed by atoms with Gasteiger partial charge in [-0.3, -0.25) is 0 Å². The topological polar surface area (TPSA) is 92.2 Å². The third kappa shape index (κ3) is 60.8. The normalized spacial score (nSPS) is 7.50. The summed E-state index contributed by atoms with van der Waals surface area (Å²) in [6.07, 6.45) is 0. The Morgan fingerprint density at radius 3 is 0.750 bits per heavy atom. The molecule has 0 unspecified atom stereocenters. The Morgan fingerprint density at radius 1 is 0.750 bits per heavy atom. The van der Waals surface area contributed by atoms with Gasteiger partial charge >= 0.3 is 94.3 Å². The first kappa shape index (κ1) is 22.5. The van der Waals surface area contributed by atoms with Gasteiger partial charge in [0.2, 0.25) is 0 Å². The second-order valence-corrected chi connectivity index (χ2v) is 1.50. The molecule has 0 aliphatic heterocycles. The van der Waals surface area contributed by atoms with E-state index in [2.05, 4.69) is 0 Å². The van der Waals surface area contributed by atoms with E-state index in [-0.39, 0.29) is 94.3 Å². The summed E-state index contributed by atoms with van der Waals surface area (Å²) in [7, 11) is -5.61. The van der Waals surface area contributed by atoms with Gasteiger partial charge in [-0.15, -0.1) is 0 Å². The van der Waals surface area contributed by atoms with Crippen LogP contribution < -0.4 is 19.2 Å². The van der Waals surface area contributed by atoms with Crippen molar-refractivity contribution in [2.45, 2.75) is 0 Å². The summed E-state index contributed by atoms with van der Waals surface area (Å²) in [5, 5.41) is 0. The molecule has 0 N–H and O–H groups in total. The van der Waals surface area contributed by atoms with Crippen molar-refractivity contribution in [3.05, 3.63) is 0 Å². The summed E-state index contributed by atoms with van der Waals surface area (Å²) in [5.74, 6) is 0. The van der Waals surface area contributed by atoms with E-state index in [1.807, 2.05) is 0 Å². The van der Waals surface area contributed by atoms with Crippen LogP contribution >= 0.6 is 0 Å². The Hall–Kier alpha value is 3.17. The molecular weight excluding hydrogens is 179 g/mol. The molecule has 0 aromatic rings. The molecule has 0 amide bonds. The predicted octanol–water partition coefficient (Wildman–Crippen LogP) is -6.55. The Labute approximate surface area is 120 Å². The Bertz CT molecular complexity index is 29.5. The minimum Gasteiger partial charge on any atom is -0.894 e. The van der Waals surface area contributed by atoms with Crippen molar-refractivity contribution >= 4 is 103 Å². The van der Waals surface area contributed by atoms with E-state index >= 15 is 0 Å². The summed E-state index contributed by atoms with van der Waals surface area (Å²) >= 11 is 0. The quantitative estimate of drug-likeness (QED) is 0.346. The molecule has 0 saturated carbocycles. The SMILES string of the molecule is [Ca+2].[Ca+2].[LiH].[O-][Si]([O-])([O-])[O-]. The first-order valence-electron chi connectivity index (χ1n) is 0.816. The van der Waals surface area contributed by atoms with E-state index in [1.54, 1.807) is 0 Å². The fraction of sp³-hybridized carbons (Fsp3) is 0. The van der Waals surface area contributed by atoms with Gasteiger partial charge < -0.3 is 28.2 Å². The summed E-state index contributed by atoms with van der Waals surface area (Å²) in [4.78, 5) is 34.3. The van der Waals surface area contributed by atoms with Crippen molar-refractivity contribution in [3.8, 4) is 0 Å². The van der Waals surface area contributed by atoms with Gasteiger partial charge in [0.1, 0.15) is 0 Å². The molecule has 8 heavy (non-hydrogen) atoms. The Morgan fingerprint density at radius 2 is 0.750 bits per heavy atom. The maximum atomic E-state index is 8.58. The molecule has 0 aromatic carbocycles. The molecule has 0 rings (SSSR count). The summed E-state index contributed by atoms with van der Waals surface area (Å²) in [6.45, 7) is 0. The minimum absolute atomic E-state index is 0. The average Bonchev–Trinajstić information content (AvgIpc) is 0.722. The molecular formula is HCa2LiO4Si. The Kier molecular flexibility index (Phi) is 28.6. The van der Waals surface area contributed by atoms with E-state index in [1.165, 1.54) is 0 Å². The van der Waals surface area contributed by atoms with Gasteiger partial charge in [0, 0.05) is 0 Å². The zero-order valence-electron chi connectivity index (χ0n) is 3.55. The predicted molar refractivity (Wildman–Crippen MR) is 24.4 cm³/mol. The van der Waals surface area contributed by atoms with Crippen LogP contribution in [0, 0.1) is 0 Å². The van der Waals surface area contributed by atoms with Crippen LogP contribution in [0.25, 0.3) is 0 Å². The molecule has 0 aromatic heterocycles. The number of hydrogen-bond donors (Lipinski definition) is 0. The standard InChI is InChI=1S/2Ca.Li.O4Si.H/c;;;1-5(2,3)4;/q2*+2;;-4;.